The average Bonchev–Trinajstić information content (AvgIpc) is 3.37. The summed E-state index contributed by atoms with van der Waals surface area (Å²) in [4.78, 5) is 23.7. The van der Waals surface area contributed by atoms with E-state index in [1.807, 2.05) is 12.1 Å². The summed E-state index contributed by atoms with van der Waals surface area (Å²) in [5, 5.41) is 4.51. The predicted octanol–water partition coefficient (Wildman–Crippen LogP) is 2.36. The lowest BCUT2D eigenvalue weighted by Crippen LogP contribution is -2.36. The fraction of sp³-hybridized carbons (Fsp3) is 0.455. The van der Waals surface area contributed by atoms with Crippen molar-refractivity contribution in [1.29, 1.82) is 0 Å². The van der Waals surface area contributed by atoms with Gasteiger partial charge in [0.05, 0.1) is 18.2 Å². The van der Waals surface area contributed by atoms with E-state index in [9.17, 15) is 4.79 Å². The lowest BCUT2D eigenvalue weighted by atomic mass is 9.96. The molecule has 5 rings (SSSR count). The first-order valence-electron chi connectivity index (χ1n) is 10.5. The topological polar surface area (TPSA) is 68.8 Å². The van der Waals surface area contributed by atoms with Crippen molar-refractivity contribution in [3.05, 3.63) is 64.7 Å². The Balaban J connectivity index is 1.18. The lowest BCUT2D eigenvalue weighted by molar-refractivity contribution is 0.166. The number of pyridine rings is 1. The molecule has 0 atom stereocenters. The second kappa shape index (κ2) is 7.91. The summed E-state index contributed by atoms with van der Waals surface area (Å²) in [7, 11) is 0. The van der Waals surface area contributed by atoms with E-state index in [0.29, 0.717) is 11.6 Å². The summed E-state index contributed by atoms with van der Waals surface area (Å²) >= 11 is 0. The van der Waals surface area contributed by atoms with Crippen LogP contribution in [0.25, 0.3) is 11.3 Å². The van der Waals surface area contributed by atoms with Crippen LogP contribution in [0.15, 0.2) is 47.9 Å². The van der Waals surface area contributed by atoms with Crippen LogP contribution >= 0.6 is 0 Å². The maximum Gasteiger partial charge on any atom is 0.253 e. The zero-order valence-corrected chi connectivity index (χ0v) is 16.6. The van der Waals surface area contributed by atoms with Gasteiger partial charge in [0.1, 0.15) is 0 Å². The van der Waals surface area contributed by atoms with Crippen LogP contribution in [0.4, 0.5) is 0 Å². The number of aromatic nitrogens is 5. The third kappa shape index (κ3) is 3.87. The molecule has 0 amide bonds. The van der Waals surface area contributed by atoms with Crippen molar-refractivity contribution in [2.75, 3.05) is 13.1 Å². The zero-order valence-electron chi connectivity index (χ0n) is 16.6. The van der Waals surface area contributed by atoms with Gasteiger partial charge in [0, 0.05) is 54.9 Å². The first-order valence-corrected chi connectivity index (χ1v) is 10.5. The molecule has 7 heteroatoms. The van der Waals surface area contributed by atoms with Crippen LogP contribution in [0.1, 0.15) is 30.5 Å². The summed E-state index contributed by atoms with van der Waals surface area (Å²) in [5.74, 6) is 0.521. The van der Waals surface area contributed by atoms with E-state index in [4.69, 9.17) is 0 Å². The number of piperidine rings is 1. The summed E-state index contributed by atoms with van der Waals surface area (Å²) in [6.07, 6.45) is 11.8. The number of likely N-dealkylation sites (tertiary alicyclic amines) is 1. The Morgan fingerprint density at radius 1 is 1.14 bits per heavy atom. The smallest absolute Gasteiger partial charge is 0.253 e. The molecule has 0 unspecified atom stereocenters. The maximum absolute atomic E-state index is 12.6. The van der Waals surface area contributed by atoms with Gasteiger partial charge in [0.2, 0.25) is 0 Å². The van der Waals surface area contributed by atoms with Gasteiger partial charge in [-0.05, 0) is 56.8 Å². The van der Waals surface area contributed by atoms with E-state index in [0.717, 1.165) is 57.5 Å². The third-order valence-electron chi connectivity index (χ3n) is 6.21. The summed E-state index contributed by atoms with van der Waals surface area (Å²) in [5.41, 5.74) is 4.39. The van der Waals surface area contributed by atoms with Crippen molar-refractivity contribution >= 4 is 0 Å². The molecular weight excluding hydrogens is 364 g/mol. The molecule has 150 valence electrons. The molecule has 0 saturated carbocycles. The molecule has 0 N–H and O–H groups in total. The Morgan fingerprint density at radius 2 is 2.03 bits per heavy atom. The monoisotopic (exact) mass is 390 g/mol. The Labute approximate surface area is 170 Å². The quantitative estimate of drug-likeness (QED) is 0.669. The minimum atomic E-state index is 0.0109. The fourth-order valence-corrected chi connectivity index (χ4v) is 4.54. The molecule has 0 aromatic carbocycles. The van der Waals surface area contributed by atoms with E-state index in [2.05, 4.69) is 30.8 Å². The first kappa shape index (κ1) is 18.2. The predicted molar refractivity (Wildman–Crippen MR) is 110 cm³/mol. The second-order valence-electron chi connectivity index (χ2n) is 8.17. The van der Waals surface area contributed by atoms with Crippen molar-refractivity contribution in [2.45, 2.75) is 45.3 Å². The molecule has 0 radical (unpaired) electrons. The number of fused-ring (bicyclic) bond motifs is 1. The van der Waals surface area contributed by atoms with Gasteiger partial charge in [-0.1, -0.05) is 0 Å². The first-order chi connectivity index (χ1) is 14.3. The van der Waals surface area contributed by atoms with E-state index < -0.39 is 0 Å². The highest BCUT2D eigenvalue weighted by Crippen LogP contribution is 2.24. The molecule has 7 nitrogen and oxygen atoms in total. The van der Waals surface area contributed by atoms with Crippen LogP contribution in [0, 0.1) is 5.92 Å². The largest absolute Gasteiger partial charge is 0.299 e. The average molecular weight is 390 g/mol. The molecule has 0 aliphatic carbocycles. The summed E-state index contributed by atoms with van der Waals surface area (Å²) in [6.45, 7) is 4.97. The zero-order chi connectivity index (χ0) is 19.6. The third-order valence-corrected chi connectivity index (χ3v) is 6.21. The van der Waals surface area contributed by atoms with Crippen LogP contribution in [0.2, 0.25) is 0 Å². The standard InChI is InChI=1S/C22H26N6O/c29-22-11-20(18-3-1-7-23-12-18)24-16-27(22)14-17-5-9-26(10-6-17)15-19-13-25-28-8-2-4-21(19)28/h1,3,7,11-13,16-17H,2,4-6,8-10,14-15H2. The highest BCUT2D eigenvalue weighted by molar-refractivity contribution is 5.56. The molecule has 2 aliphatic rings. The van der Waals surface area contributed by atoms with Crippen molar-refractivity contribution in [3.63, 3.8) is 0 Å². The number of nitrogens with zero attached hydrogens (tertiary/aromatic N) is 6. The van der Waals surface area contributed by atoms with Crippen LogP contribution in [-0.4, -0.2) is 42.3 Å². The Kier molecular flexibility index (Phi) is 4.97. The van der Waals surface area contributed by atoms with Gasteiger partial charge in [0.25, 0.3) is 5.56 Å². The highest BCUT2D eigenvalue weighted by atomic mass is 16.1. The molecule has 2 aliphatic heterocycles. The minimum absolute atomic E-state index is 0.0109. The van der Waals surface area contributed by atoms with Gasteiger partial charge in [-0.25, -0.2) is 4.98 Å². The molecule has 0 bridgehead atoms. The Hall–Kier alpha value is -2.80. The lowest BCUT2D eigenvalue weighted by Gasteiger charge is -2.32. The van der Waals surface area contributed by atoms with Crippen LogP contribution in [0.5, 0.6) is 0 Å². The van der Waals surface area contributed by atoms with Gasteiger partial charge in [-0.3, -0.25) is 23.9 Å². The van der Waals surface area contributed by atoms with Crippen molar-refractivity contribution in [2.24, 2.45) is 5.92 Å². The molecule has 3 aromatic rings. The second-order valence-corrected chi connectivity index (χ2v) is 8.17. The van der Waals surface area contributed by atoms with Gasteiger partial charge >= 0.3 is 0 Å². The number of hydrogen-bond acceptors (Lipinski definition) is 5. The van der Waals surface area contributed by atoms with Crippen LogP contribution < -0.4 is 5.56 Å². The highest BCUT2D eigenvalue weighted by Gasteiger charge is 2.23. The molecule has 29 heavy (non-hydrogen) atoms. The van der Waals surface area contributed by atoms with Crippen molar-refractivity contribution in [3.8, 4) is 11.3 Å². The number of rotatable bonds is 5. The Morgan fingerprint density at radius 3 is 2.83 bits per heavy atom. The molecule has 3 aromatic heterocycles. The maximum atomic E-state index is 12.6. The molecule has 5 heterocycles. The van der Waals surface area contributed by atoms with Crippen LogP contribution in [-0.2, 0) is 26.1 Å². The normalized spacial score (nSPS) is 17.5. The summed E-state index contributed by atoms with van der Waals surface area (Å²) in [6, 6.07) is 5.40. The number of aryl methyl sites for hydroxylation is 1. The SMILES string of the molecule is O=c1cc(-c2cccnc2)ncn1CC1CCN(Cc2cnn3c2CCC3)CC1. The minimum Gasteiger partial charge on any atom is -0.299 e. The van der Waals surface area contributed by atoms with Crippen molar-refractivity contribution in [1.82, 2.24) is 29.2 Å². The summed E-state index contributed by atoms with van der Waals surface area (Å²) < 4.78 is 3.92. The van der Waals surface area contributed by atoms with E-state index >= 15 is 0 Å². The van der Waals surface area contributed by atoms with E-state index in [1.165, 1.54) is 17.7 Å². The van der Waals surface area contributed by atoms with Crippen molar-refractivity contribution < 1.29 is 0 Å². The van der Waals surface area contributed by atoms with E-state index in [-0.39, 0.29) is 5.56 Å². The molecule has 0 spiro atoms. The number of hydrogen-bond donors (Lipinski definition) is 0. The van der Waals surface area contributed by atoms with Gasteiger partial charge in [-0.15, -0.1) is 0 Å². The van der Waals surface area contributed by atoms with E-state index in [1.54, 1.807) is 29.4 Å². The van der Waals surface area contributed by atoms with Gasteiger partial charge in [-0.2, -0.15) is 5.10 Å². The fourth-order valence-electron chi connectivity index (χ4n) is 4.54. The Bertz CT molecular complexity index is 1030. The van der Waals surface area contributed by atoms with Crippen LogP contribution in [0.3, 0.4) is 0 Å². The van der Waals surface area contributed by atoms with Gasteiger partial charge in [0.15, 0.2) is 0 Å². The molecule has 1 saturated heterocycles. The molecule has 1 fully saturated rings. The van der Waals surface area contributed by atoms with Gasteiger partial charge < -0.3 is 0 Å². The molecular formula is C22H26N6O.